The molecule has 2 heterocycles. The molecule has 7 nitrogen and oxygen atoms in total. The van der Waals surface area contributed by atoms with Gasteiger partial charge < -0.3 is 20.3 Å². The van der Waals surface area contributed by atoms with Crippen LogP contribution in [0.25, 0.3) is 10.9 Å². The number of hydrogen-bond acceptors (Lipinski definition) is 6. The Morgan fingerprint density at radius 2 is 1.95 bits per heavy atom. The summed E-state index contributed by atoms with van der Waals surface area (Å²) in [6.07, 6.45) is 4.55. The Kier molecular flexibility index (Phi) is 8.73. The van der Waals surface area contributed by atoms with Gasteiger partial charge in [0.15, 0.2) is 11.6 Å². The number of benzene rings is 2. The molecule has 0 spiro atoms. The van der Waals surface area contributed by atoms with Crippen molar-refractivity contribution in [1.29, 1.82) is 0 Å². The Morgan fingerprint density at radius 1 is 1.18 bits per heavy atom. The summed E-state index contributed by atoms with van der Waals surface area (Å²) in [5.41, 5.74) is 7.96. The van der Waals surface area contributed by atoms with Gasteiger partial charge in [-0.2, -0.15) is 4.39 Å². The van der Waals surface area contributed by atoms with Crippen LogP contribution in [0.3, 0.4) is 0 Å². The van der Waals surface area contributed by atoms with Crippen LogP contribution in [-0.2, 0) is 17.8 Å². The van der Waals surface area contributed by atoms with Gasteiger partial charge in [0.25, 0.3) is 0 Å². The molecular formula is C28H32F3N3O4. The molecule has 1 aromatic heterocycles. The minimum absolute atomic E-state index is 0.0281. The fourth-order valence-electron chi connectivity index (χ4n) is 5.17. The Hall–Kier alpha value is -3.37. The quantitative estimate of drug-likeness (QED) is 0.347. The molecule has 3 aromatic rings. The van der Waals surface area contributed by atoms with Crippen molar-refractivity contribution in [3.8, 4) is 11.5 Å². The van der Waals surface area contributed by atoms with Crippen LogP contribution in [0.4, 0.5) is 13.2 Å². The molecule has 10 heteroatoms. The topological polar surface area (TPSA) is 97.9 Å². The number of aromatic nitrogens is 1. The molecule has 0 amide bonds. The normalized spacial score (nSPS) is 15.5. The van der Waals surface area contributed by atoms with E-state index < -0.39 is 34.6 Å². The molecule has 2 aromatic carbocycles. The summed E-state index contributed by atoms with van der Waals surface area (Å²) < 4.78 is 51.1. The third kappa shape index (κ3) is 6.02. The maximum Gasteiger partial charge on any atom is 0.309 e. The van der Waals surface area contributed by atoms with Crippen molar-refractivity contribution in [1.82, 2.24) is 9.88 Å². The first-order valence-electron chi connectivity index (χ1n) is 12.6. The highest BCUT2D eigenvalue weighted by Gasteiger charge is 2.40. The zero-order valence-corrected chi connectivity index (χ0v) is 21.3. The maximum absolute atomic E-state index is 13.8. The standard InChI is InChI=1S/C28H32F3N3O4/c1-37-20-4-5-24-22(15-20)21(18(16-32)17-33-24)3-2-6-28(27(35)36)7-9-34(10-8-28)11-12-38-25-14-19(29)13-23(30)26(25)31/h4-5,13-15,17H,2-3,6-12,16,32H2,1H3,(H,35,36). The predicted molar refractivity (Wildman–Crippen MR) is 137 cm³/mol. The largest absolute Gasteiger partial charge is 0.497 e. The van der Waals surface area contributed by atoms with E-state index in [2.05, 4.69) is 4.98 Å². The summed E-state index contributed by atoms with van der Waals surface area (Å²) in [6, 6.07) is 6.96. The molecule has 204 valence electrons. The number of ether oxygens (including phenoxy) is 2. The number of piperidine rings is 1. The first kappa shape index (κ1) is 27.7. The summed E-state index contributed by atoms with van der Waals surface area (Å²) in [5, 5.41) is 11.1. The summed E-state index contributed by atoms with van der Waals surface area (Å²) >= 11 is 0. The van der Waals surface area contributed by atoms with Gasteiger partial charge in [0.2, 0.25) is 5.82 Å². The minimum Gasteiger partial charge on any atom is -0.497 e. The van der Waals surface area contributed by atoms with Crippen LogP contribution in [0.2, 0.25) is 0 Å². The molecule has 0 bridgehead atoms. The number of hydrogen-bond donors (Lipinski definition) is 2. The molecular weight excluding hydrogens is 499 g/mol. The minimum atomic E-state index is -1.30. The van der Waals surface area contributed by atoms with Crippen molar-refractivity contribution in [2.24, 2.45) is 11.1 Å². The van der Waals surface area contributed by atoms with E-state index >= 15 is 0 Å². The fraction of sp³-hybridized carbons (Fsp3) is 0.429. The molecule has 1 aliphatic heterocycles. The number of fused-ring (bicyclic) bond motifs is 1. The van der Waals surface area contributed by atoms with Crippen molar-refractivity contribution < 1.29 is 32.5 Å². The smallest absolute Gasteiger partial charge is 0.309 e. The third-order valence-corrected chi connectivity index (χ3v) is 7.47. The van der Waals surface area contributed by atoms with Gasteiger partial charge in [-0.05, 0) is 74.5 Å². The van der Waals surface area contributed by atoms with E-state index in [-0.39, 0.29) is 6.61 Å². The molecule has 1 fully saturated rings. The van der Waals surface area contributed by atoms with E-state index in [0.29, 0.717) is 64.3 Å². The van der Waals surface area contributed by atoms with Crippen LogP contribution < -0.4 is 15.2 Å². The van der Waals surface area contributed by atoms with Crippen LogP contribution in [0.15, 0.2) is 36.5 Å². The highest BCUT2D eigenvalue weighted by atomic mass is 19.2. The van der Waals surface area contributed by atoms with Crippen LogP contribution in [0, 0.1) is 22.9 Å². The van der Waals surface area contributed by atoms with Crippen molar-refractivity contribution >= 4 is 16.9 Å². The first-order chi connectivity index (χ1) is 18.3. The lowest BCUT2D eigenvalue weighted by atomic mass is 9.74. The number of likely N-dealkylation sites (tertiary alicyclic amines) is 1. The average molecular weight is 532 g/mol. The van der Waals surface area contributed by atoms with E-state index in [1.807, 2.05) is 23.1 Å². The van der Waals surface area contributed by atoms with Crippen LogP contribution in [-0.4, -0.2) is 54.3 Å². The van der Waals surface area contributed by atoms with Gasteiger partial charge in [0.1, 0.15) is 18.2 Å². The zero-order chi connectivity index (χ0) is 27.3. The monoisotopic (exact) mass is 531 g/mol. The van der Waals surface area contributed by atoms with Crippen LogP contribution >= 0.6 is 0 Å². The second-order valence-corrected chi connectivity index (χ2v) is 9.68. The number of nitrogens with zero attached hydrogens (tertiary/aromatic N) is 2. The Balaban J connectivity index is 1.35. The molecule has 0 aliphatic carbocycles. The van der Waals surface area contributed by atoms with Gasteiger partial charge in [-0.25, -0.2) is 8.78 Å². The number of aliphatic carboxylic acids is 1. The van der Waals surface area contributed by atoms with Gasteiger partial charge >= 0.3 is 5.97 Å². The van der Waals surface area contributed by atoms with Gasteiger partial charge in [0.05, 0.1) is 18.0 Å². The number of pyridine rings is 1. The van der Waals surface area contributed by atoms with E-state index in [4.69, 9.17) is 15.2 Å². The van der Waals surface area contributed by atoms with Gasteiger partial charge in [-0.3, -0.25) is 14.7 Å². The average Bonchev–Trinajstić information content (AvgIpc) is 2.91. The lowest BCUT2D eigenvalue weighted by molar-refractivity contribution is -0.152. The molecule has 1 saturated heterocycles. The summed E-state index contributed by atoms with van der Waals surface area (Å²) in [4.78, 5) is 18.9. The molecule has 4 rings (SSSR count). The van der Waals surface area contributed by atoms with E-state index in [1.54, 1.807) is 13.3 Å². The molecule has 0 saturated carbocycles. The van der Waals surface area contributed by atoms with Crippen molar-refractivity contribution in [3.05, 3.63) is 65.1 Å². The molecule has 1 aliphatic rings. The molecule has 3 N–H and O–H groups in total. The molecule has 0 atom stereocenters. The van der Waals surface area contributed by atoms with Crippen LogP contribution in [0.5, 0.6) is 11.5 Å². The highest BCUT2D eigenvalue weighted by Crippen LogP contribution is 2.38. The highest BCUT2D eigenvalue weighted by molar-refractivity contribution is 5.84. The van der Waals surface area contributed by atoms with Crippen molar-refractivity contribution in [2.75, 3.05) is 33.4 Å². The summed E-state index contributed by atoms with van der Waals surface area (Å²) in [7, 11) is 1.61. The number of halogens is 3. The van der Waals surface area contributed by atoms with E-state index in [0.717, 1.165) is 33.8 Å². The van der Waals surface area contributed by atoms with Crippen molar-refractivity contribution in [3.63, 3.8) is 0 Å². The Bertz CT molecular complexity index is 1290. The van der Waals surface area contributed by atoms with Gasteiger partial charge in [-0.1, -0.05) is 0 Å². The lowest BCUT2D eigenvalue weighted by Gasteiger charge is -2.39. The van der Waals surface area contributed by atoms with E-state index in [1.165, 1.54) is 0 Å². The third-order valence-electron chi connectivity index (χ3n) is 7.47. The van der Waals surface area contributed by atoms with Gasteiger partial charge in [-0.15, -0.1) is 0 Å². The number of aryl methyl sites for hydroxylation is 1. The SMILES string of the molecule is COc1ccc2ncc(CN)c(CCCC3(C(=O)O)CCN(CCOc4cc(F)cc(F)c4F)CC3)c2c1. The van der Waals surface area contributed by atoms with Crippen molar-refractivity contribution in [2.45, 2.75) is 38.6 Å². The zero-order valence-electron chi connectivity index (χ0n) is 21.3. The molecule has 0 radical (unpaired) electrons. The maximum atomic E-state index is 13.8. The fourth-order valence-corrected chi connectivity index (χ4v) is 5.17. The second kappa shape index (κ2) is 12.0. The number of carboxylic acid groups (broad SMARTS) is 1. The predicted octanol–water partition coefficient (Wildman–Crippen LogP) is 4.69. The number of carbonyl (C=O) groups is 1. The Morgan fingerprint density at radius 3 is 2.63 bits per heavy atom. The van der Waals surface area contributed by atoms with Gasteiger partial charge in [0, 0.05) is 36.8 Å². The summed E-state index contributed by atoms with van der Waals surface area (Å²) in [5.74, 6) is -4.02. The lowest BCUT2D eigenvalue weighted by Crippen LogP contribution is -2.45. The number of methoxy groups -OCH3 is 1. The number of rotatable bonds is 11. The second-order valence-electron chi connectivity index (χ2n) is 9.68. The first-order valence-corrected chi connectivity index (χ1v) is 12.6. The molecule has 38 heavy (non-hydrogen) atoms. The number of nitrogens with two attached hydrogens (primary N) is 1. The van der Waals surface area contributed by atoms with Crippen LogP contribution in [0.1, 0.15) is 36.8 Å². The van der Waals surface area contributed by atoms with E-state index in [9.17, 15) is 23.1 Å². The summed E-state index contributed by atoms with van der Waals surface area (Å²) in [6.45, 7) is 1.80. The number of carboxylic acids is 1. The Labute approximate surface area is 219 Å². The molecule has 0 unspecified atom stereocenters.